The van der Waals surface area contributed by atoms with Crippen LogP contribution in [0.3, 0.4) is 0 Å². The highest BCUT2D eigenvalue weighted by Crippen LogP contribution is 2.15. The summed E-state index contributed by atoms with van der Waals surface area (Å²) in [5.41, 5.74) is 0. The fourth-order valence-corrected chi connectivity index (χ4v) is 2.24. The average molecular weight is 227 g/mol. The number of amides is 1. The molecule has 1 fully saturated rings. The molecule has 0 aromatic heterocycles. The first-order chi connectivity index (χ1) is 7.56. The zero-order valence-electron chi connectivity index (χ0n) is 10.9. The van der Waals surface area contributed by atoms with Gasteiger partial charge in [0, 0.05) is 19.1 Å². The molecule has 0 aromatic rings. The van der Waals surface area contributed by atoms with Gasteiger partial charge in [-0.05, 0) is 39.8 Å². The summed E-state index contributed by atoms with van der Waals surface area (Å²) in [6.07, 6.45) is 0.882. The van der Waals surface area contributed by atoms with Crippen molar-refractivity contribution in [3.05, 3.63) is 0 Å². The van der Waals surface area contributed by atoms with E-state index in [4.69, 9.17) is 0 Å². The van der Waals surface area contributed by atoms with Gasteiger partial charge < -0.3 is 10.6 Å². The van der Waals surface area contributed by atoms with E-state index in [1.165, 1.54) is 0 Å². The third-order valence-corrected chi connectivity index (χ3v) is 3.18. The number of carbonyl (C=O) groups excluding carboxylic acids is 1. The van der Waals surface area contributed by atoms with E-state index in [9.17, 15) is 4.79 Å². The molecule has 0 radical (unpaired) electrons. The molecule has 4 nitrogen and oxygen atoms in total. The van der Waals surface area contributed by atoms with Crippen LogP contribution < -0.4 is 10.6 Å². The Morgan fingerprint density at radius 2 is 2.25 bits per heavy atom. The van der Waals surface area contributed by atoms with E-state index in [0.29, 0.717) is 12.0 Å². The van der Waals surface area contributed by atoms with Crippen molar-refractivity contribution >= 4 is 5.91 Å². The number of carbonyl (C=O) groups is 1. The molecule has 1 heterocycles. The highest BCUT2D eigenvalue weighted by atomic mass is 16.2. The predicted octanol–water partition coefficient (Wildman–Crippen LogP) is 0.441. The first kappa shape index (κ1) is 13.5. The van der Waals surface area contributed by atoms with Crippen LogP contribution in [0.4, 0.5) is 0 Å². The van der Waals surface area contributed by atoms with Crippen molar-refractivity contribution in [3.8, 4) is 0 Å². The molecule has 0 aromatic carbocycles. The topological polar surface area (TPSA) is 44.4 Å². The Morgan fingerprint density at radius 3 is 2.81 bits per heavy atom. The van der Waals surface area contributed by atoms with Crippen molar-refractivity contribution in [2.45, 2.75) is 39.3 Å². The van der Waals surface area contributed by atoms with Crippen LogP contribution in [0.1, 0.15) is 27.2 Å². The molecule has 1 aliphatic heterocycles. The van der Waals surface area contributed by atoms with Gasteiger partial charge in [-0.2, -0.15) is 0 Å². The van der Waals surface area contributed by atoms with E-state index in [1.807, 2.05) is 7.05 Å². The number of hydrogen-bond acceptors (Lipinski definition) is 3. The molecule has 2 atom stereocenters. The summed E-state index contributed by atoms with van der Waals surface area (Å²) in [5.74, 6) is 0.722. The molecule has 1 amide bonds. The monoisotopic (exact) mass is 227 g/mol. The smallest absolute Gasteiger partial charge is 0.237 e. The highest BCUT2D eigenvalue weighted by Gasteiger charge is 2.31. The van der Waals surface area contributed by atoms with Gasteiger partial charge in [-0.3, -0.25) is 9.69 Å². The second kappa shape index (κ2) is 6.21. The van der Waals surface area contributed by atoms with Gasteiger partial charge in [0.25, 0.3) is 0 Å². The van der Waals surface area contributed by atoms with Gasteiger partial charge in [0.2, 0.25) is 5.91 Å². The molecule has 4 heteroatoms. The van der Waals surface area contributed by atoms with Crippen molar-refractivity contribution in [3.63, 3.8) is 0 Å². The summed E-state index contributed by atoms with van der Waals surface area (Å²) in [4.78, 5) is 14.3. The SMILES string of the molecule is CNCCC1C(=O)NCC(C)CN1C(C)C. The molecule has 0 bridgehead atoms. The van der Waals surface area contributed by atoms with Gasteiger partial charge in [-0.15, -0.1) is 0 Å². The zero-order chi connectivity index (χ0) is 12.1. The minimum Gasteiger partial charge on any atom is -0.354 e. The Balaban J connectivity index is 2.73. The molecule has 16 heavy (non-hydrogen) atoms. The average Bonchev–Trinajstić information content (AvgIpc) is 2.37. The Kier molecular flexibility index (Phi) is 5.22. The Bertz CT molecular complexity index is 230. The second-order valence-electron chi connectivity index (χ2n) is 5.05. The minimum absolute atomic E-state index is 0.0254. The fourth-order valence-electron chi connectivity index (χ4n) is 2.24. The van der Waals surface area contributed by atoms with Crippen LogP contribution in [0, 0.1) is 5.92 Å². The third kappa shape index (κ3) is 3.46. The molecular weight excluding hydrogens is 202 g/mol. The number of hydrogen-bond donors (Lipinski definition) is 2. The predicted molar refractivity (Wildman–Crippen MR) is 66.3 cm³/mol. The van der Waals surface area contributed by atoms with E-state index >= 15 is 0 Å². The van der Waals surface area contributed by atoms with E-state index in [2.05, 4.69) is 36.3 Å². The molecule has 0 aliphatic carbocycles. The van der Waals surface area contributed by atoms with Crippen LogP contribution in [0.2, 0.25) is 0 Å². The van der Waals surface area contributed by atoms with Crippen LogP contribution in [0.5, 0.6) is 0 Å². The lowest BCUT2D eigenvalue weighted by Gasteiger charge is -2.32. The number of nitrogens with one attached hydrogen (secondary N) is 2. The molecule has 0 saturated carbocycles. The lowest BCUT2D eigenvalue weighted by atomic mass is 10.1. The first-order valence-electron chi connectivity index (χ1n) is 6.24. The maximum absolute atomic E-state index is 12.0. The summed E-state index contributed by atoms with van der Waals surface area (Å²) in [5, 5.41) is 6.15. The van der Waals surface area contributed by atoms with Crippen LogP contribution in [-0.4, -0.2) is 49.6 Å². The quantitative estimate of drug-likeness (QED) is 0.732. The molecule has 0 spiro atoms. The molecule has 1 saturated heterocycles. The van der Waals surface area contributed by atoms with Crippen LogP contribution >= 0.6 is 0 Å². The summed E-state index contributed by atoms with van der Waals surface area (Å²) < 4.78 is 0. The van der Waals surface area contributed by atoms with Gasteiger partial charge in [-0.1, -0.05) is 6.92 Å². The number of rotatable bonds is 4. The Hall–Kier alpha value is -0.610. The summed E-state index contributed by atoms with van der Waals surface area (Å²) in [6, 6.07) is 0.450. The van der Waals surface area contributed by atoms with E-state index < -0.39 is 0 Å². The lowest BCUT2D eigenvalue weighted by molar-refractivity contribution is -0.126. The molecular formula is C12H25N3O. The lowest BCUT2D eigenvalue weighted by Crippen LogP contribution is -2.48. The van der Waals surface area contributed by atoms with Gasteiger partial charge in [0.15, 0.2) is 0 Å². The van der Waals surface area contributed by atoms with Gasteiger partial charge in [-0.25, -0.2) is 0 Å². The minimum atomic E-state index is 0.0254. The standard InChI is InChI=1S/C12H25N3O/c1-9(2)15-8-10(3)7-14-12(16)11(15)5-6-13-4/h9-11,13H,5-8H2,1-4H3,(H,14,16). The maximum Gasteiger partial charge on any atom is 0.237 e. The van der Waals surface area contributed by atoms with Gasteiger partial charge in [0.1, 0.15) is 0 Å². The number of nitrogens with zero attached hydrogens (tertiary/aromatic N) is 1. The Morgan fingerprint density at radius 1 is 1.56 bits per heavy atom. The fraction of sp³-hybridized carbons (Fsp3) is 0.917. The van der Waals surface area contributed by atoms with E-state index in [0.717, 1.165) is 26.1 Å². The summed E-state index contributed by atoms with van der Waals surface area (Å²) in [7, 11) is 1.93. The summed E-state index contributed by atoms with van der Waals surface area (Å²) in [6.45, 7) is 9.21. The molecule has 94 valence electrons. The normalized spacial score (nSPS) is 27.9. The van der Waals surface area contributed by atoms with E-state index in [-0.39, 0.29) is 11.9 Å². The molecule has 2 unspecified atom stereocenters. The first-order valence-corrected chi connectivity index (χ1v) is 6.24. The molecule has 1 rings (SSSR count). The molecule has 2 N–H and O–H groups in total. The van der Waals surface area contributed by atoms with Crippen molar-refractivity contribution in [1.82, 2.24) is 15.5 Å². The summed E-state index contributed by atoms with van der Waals surface area (Å²) >= 11 is 0. The van der Waals surface area contributed by atoms with Crippen molar-refractivity contribution in [2.24, 2.45) is 5.92 Å². The third-order valence-electron chi connectivity index (χ3n) is 3.18. The van der Waals surface area contributed by atoms with Crippen molar-refractivity contribution in [1.29, 1.82) is 0 Å². The van der Waals surface area contributed by atoms with Crippen molar-refractivity contribution in [2.75, 3.05) is 26.7 Å². The zero-order valence-corrected chi connectivity index (χ0v) is 10.9. The van der Waals surface area contributed by atoms with Crippen molar-refractivity contribution < 1.29 is 4.79 Å². The second-order valence-corrected chi connectivity index (χ2v) is 5.05. The molecule has 1 aliphatic rings. The van der Waals surface area contributed by atoms with Gasteiger partial charge >= 0.3 is 0 Å². The Labute approximate surface area is 98.8 Å². The van der Waals surface area contributed by atoms with Crippen LogP contribution in [0.25, 0.3) is 0 Å². The highest BCUT2D eigenvalue weighted by molar-refractivity contribution is 5.82. The van der Waals surface area contributed by atoms with Crippen LogP contribution in [-0.2, 0) is 4.79 Å². The largest absolute Gasteiger partial charge is 0.354 e. The van der Waals surface area contributed by atoms with Gasteiger partial charge in [0.05, 0.1) is 6.04 Å². The maximum atomic E-state index is 12.0. The van der Waals surface area contributed by atoms with E-state index in [1.54, 1.807) is 0 Å². The van der Waals surface area contributed by atoms with Crippen LogP contribution in [0.15, 0.2) is 0 Å².